The van der Waals surface area contributed by atoms with Crippen molar-refractivity contribution in [3.8, 4) is 11.3 Å². The highest BCUT2D eigenvalue weighted by molar-refractivity contribution is 6.35. The fourth-order valence-electron chi connectivity index (χ4n) is 2.64. The highest BCUT2D eigenvalue weighted by atomic mass is 35.5. The zero-order valence-electron chi connectivity index (χ0n) is 15.8. The smallest absolute Gasteiger partial charge is 0.117 e. The molecule has 0 aliphatic carbocycles. The number of nitrogens with one attached hydrogen (secondary N) is 1. The summed E-state index contributed by atoms with van der Waals surface area (Å²) in [5.74, 6) is 0. The normalized spacial score (nSPS) is 11.7. The molecule has 1 heterocycles. The number of rotatable bonds is 7. The van der Waals surface area contributed by atoms with Gasteiger partial charge in [-0.25, -0.2) is 0 Å². The molecule has 0 fully saturated rings. The zero-order valence-corrected chi connectivity index (χ0v) is 17.3. The van der Waals surface area contributed by atoms with E-state index in [2.05, 4.69) is 38.2 Å². The second kappa shape index (κ2) is 8.42. The van der Waals surface area contributed by atoms with Gasteiger partial charge in [0, 0.05) is 27.7 Å². The first-order valence-corrected chi connectivity index (χ1v) is 9.82. The maximum atomic E-state index is 6.32. The third-order valence-corrected chi connectivity index (χ3v) is 5.30. The molecule has 4 nitrogen and oxygen atoms in total. The van der Waals surface area contributed by atoms with Crippen LogP contribution in [0.15, 0.2) is 48.5 Å². The Kier molecular flexibility index (Phi) is 6.20. The molecule has 0 saturated carbocycles. The van der Waals surface area contributed by atoms with Gasteiger partial charge >= 0.3 is 0 Å². The van der Waals surface area contributed by atoms with Gasteiger partial charge in [-0.1, -0.05) is 66.5 Å². The minimum Gasteiger partial charge on any atom is -0.306 e. The Balaban J connectivity index is 1.91. The molecule has 0 atom stereocenters. The summed E-state index contributed by atoms with van der Waals surface area (Å²) in [7, 11) is 0. The molecule has 0 unspecified atom stereocenters. The van der Waals surface area contributed by atoms with Crippen molar-refractivity contribution in [2.45, 2.75) is 45.8 Å². The van der Waals surface area contributed by atoms with Crippen LogP contribution < -0.4 is 5.32 Å². The Morgan fingerprint density at radius 1 is 1.04 bits per heavy atom. The Hall–Kier alpha value is -1.88. The van der Waals surface area contributed by atoms with E-state index < -0.39 is 0 Å². The van der Waals surface area contributed by atoms with Crippen molar-refractivity contribution in [2.24, 2.45) is 0 Å². The van der Waals surface area contributed by atoms with Crippen LogP contribution in [0.5, 0.6) is 0 Å². The summed E-state index contributed by atoms with van der Waals surface area (Å²) >= 11 is 12.3. The van der Waals surface area contributed by atoms with Crippen LogP contribution in [0.25, 0.3) is 11.3 Å². The van der Waals surface area contributed by atoms with E-state index in [0.29, 0.717) is 23.1 Å². The minimum atomic E-state index is 0.0389. The molecule has 3 aromatic rings. The van der Waals surface area contributed by atoms with Crippen LogP contribution in [0.2, 0.25) is 10.0 Å². The summed E-state index contributed by atoms with van der Waals surface area (Å²) in [6.45, 7) is 7.69. The fourth-order valence-corrected chi connectivity index (χ4v) is 3.11. The summed E-state index contributed by atoms with van der Waals surface area (Å²) < 4.78 is 0. The molecule has 142 valence electrons. The molecule has 0 aliphatic rings. The van der Waals surface area contributed by atoms with Crippen molar-refractivity contribution in [1.29, 1.82) is 0 Å². The second-order valence-electron chi connectivity index (χ2n) is 7.22. The van der Waals surface area contributed by atoms with Gasteiger partial charge in [-0.05, 0) is 38.0 Å². The molecule has 3 rings (SSSR count). The molecule has 0 amide bonds. The van der Waals surface area contributed by atoms with E-state index in [0.717, 1.165) is 28.9 Å². The van der Waals surface area contributed by atoms with E-state index in [9.17, 15) is 0 Å². The van der Waals surface area contributed by atoms with E-state index in [-0.39, 0.29) is 5.54 Å². The van der Waals surface area contributed by atoms with Gasteiger partial charge < -0.3 is 5.32 Å². The van der Waals surface area contributed by atoms with Crippen molar-refractivity contribution in [2.75, 3.05) is 0 Å². The number of hydrogen-bond donors (Lipinski definition) is 1. The molecule has 1 N–H and O–H groups in total. The van der Waals surface area contributed by atoms with E-state index in [1.807, 2.05) is 30.3 Å². The summed E-state index contributed by atoms with van der Waals surface area (Å²) in [6.07, 6.45) is 1.03. The summed E-state index contributed by atoms with van der Waals surface area (Å²) in [5.41, 5.74) is 3.84. The Morgan fingerprint density at radius 3 is 2.44 bits per heavy atom. The van der Waals surface area contributed by atoms with Crippen LogP contribution in [-0.2, 0) is 13.1 Å². The van der Waals surface area contributed by atoms with Crippen LogP contribution in [0.3, 0.4) is 0 Å². The summed E-state index contributed by atoms with van der Waals surface area (Å²) in [6, 6.07) is 15.6. The van der Waals surface area contributed by atoms with E-state index in [4.69, 9.17) is 33.4 Å². The highest BCUT2D eigenvalue weighted by Gasteiger charge is 2.18. The fraction of sp³-hybridized carbons (Fsp3) is 0.333. The molecule has 27 heavy (non-hydrogen) atoms. The van der Waals surface area contributed by atoms with Crippen LogP contribution in [-0.4, -0.2) is 20.5 Å². The van der Waals surface area contributed by atoms with Crippen LogP contribution >= 0.6 is 23.2 Å². The summed E-state index contributed by atoms with van der Waals surface area (Å²) in [5, 5.41) is 14.3. The number of hydrogen-bond acceptors (Lipinski definition) is 3. The second-order valence-corrected chi connectivity index (χ2v) is 8.06. The molecule has 0 aliphatic heterocycles. The topological polar surface area (TPSA) is 42.7 Å². The van der Waals surface area contributed by atoms with E-state index in [1.54, 1.807) is 10.9 Å². The van der Waals surface area contributed by atoms with Gasteiger partial charge in [0.2, 0.25) is 0 Å². The molecule has 0 saturated heterocycles. The van der Waals surface area contributed by atoms with Crippen molar-refractivity contribution >= 4 is 23.2 Å². The van der Waals surface area contributed by atoms with Gasteiger partial charge in [0.15, 0.2) is 0 Å². The first-order chi connectivity index (χ1) is 12.9. The first kappa shape index (κ1) is 19.9. The van der Waals surface area contributed by atoms with Crippen LogP contribution in [0.1, 0.15) is 38.4 Å². The Bertz CT molecular complexity index is 904. The predicted molar refractivity (Wildman–Crippen MR) is 112 cm³/mol. The molecule has 2 aromatic carbocycles. The maximum Gasteiger partial charge on any atom is 0.117 e. The maximum absolute atomic E-state index is 6.32. The van der Waals surface area contributed by atoms with Crippen molar-refractivity contribution < 1.29 is 0 Å². The molecular weight excluding hydrogens is 379 g/mol. The van der Waals surface area contributed by atoms with Gasteiger partial charge in [0.05, 0.1) is 6.54 Å². The van der Waals surface area contributed by atoms with Crippen molar-refractivity contribution in [1.82, 2.24) is 20.3 Å². The van der Waals surface area contributed by atoms with Gasteiger partial charge in [-0.2, -0.15) is 15.0 Å². The van der Waals surface area contributed by atoms with Crippen molar-refractivity contribution in [3.63, 3.8) is 0 Å². The SMILES string of the molecule is CCC(C)(C)NCc1nn(Cc2ccc(Cl)cc2Cl)nc1-c1ccccc1. The largest absolute Gasteiger partial charge is 0.306 e. The predicted octanol–water partition coefficient (Wildman–Crippen LogP) is 5.58. The highest BCUT2D eigenvalue weighted by Crippen LogP contribution is 2.24. The zero-order chi connectivity index (χ0) is 19.4. The Morgan fingerprint density at radius 2 is 1.78 bits per heavy atom. The number of nitrogens with zero attached hydrogens (tertiary/aromatic N) is 3. The average molecular weight is 403 g/mol. The minimum absolute atomic E-state index is 0.0389. The third-order valence-electron chi connectivity index (χ3n) is 4.72. The van der Waals surface area contributed by atoms with Crippen molar-refractivity contribution in [3.05, 3.63) is 69.8 Å². The molecule has 6 heteroatoms. The Labute approximate surface area is 170 Å². The number of benzene rings is 2. The number of aromatic nitrogens is 3. The lowest BCUT2D eigenvalue weighted by Crippen LogP contribution is -2.38. The first-order valence-electron chi connectivity index (χ1n) is 9.06. The lowest BCUT2D eigenvalue weighted by Gasteiger charge is -2.24. The molecular formula is C21H24Cl2N4. The van der Waals surface area contributed by atoms with Gasteiger partial charge in [0.1, 0.15) is 11.4 Å². The monoisotopic (exact) mass is 402 g/mol. The lowest BCUT2D eigenvalue weighted by atomic mass is 10.0. The van der Waals surface area contributed by atoms with Crippen LogP contribution in [0.4, 0.5) is 0 Å². The molecule has 0 bridgehead atoms. The number of halogens is 2. The standard InChI is InChI=1S/C21H24Cl2N4/c1-4-21(2,3)24-13-19-20(15-8-6-5-7-9-15)26-27(25-19)14-16-10-11-17(22)12-18(16)23/h5-12,24H,4,13-14H2,1-3H3. The van der Waals surface area contributed by atoms with E-state index >= 15 is 0 Å². The van der Waals surface area contributed by atoms with Gasteiger partial charge in [0.25, 0.3) is 0 Å². The van der Waals surface area contributed by atoms with Gasteiger partial charge in [-0.3, -0.25) is 0 Å². The quantitative estimate of drug-likeness (QED) is 0.560. The third kappa shape index (κ3) is 5.10. The molecule has 0 radical (unpaired) electrons. The molecule has 1 aromatic heterocycles. The average Bonchev–Trinajstić information content (AvgIpc) is 3.06. The van der Waals surface area contributed by atoms with Crippen LogP contribution in [0, 0.1) is 0 Å². The summed E-state index contributed by atoms with van der Waals surface area (Å²) in [4.78, 5) is 1.70. The molecule has 0 spiro atoms. The van der Waals surface area contributed by atoms with Gasteiger partial charge in [-0.15, -0.1) is 0 Å². The van der Waals surface area contributed by atoms with E-state index in [1.165, 1.54) is 0 Å². The lowest BCUT2D eigenvalue weighted by molar-refractivity contribution is 0.371.